The SMILES string of the molecule is Cc1cc(Br)ccc1NC(=O)c1ccc([N+](=O)[O-])cc1I. The summed E-state index contributed by atoms with van der Waals surface area (Å²) in [5.74, 6) is -0.292. The van der Waals surface area contributed by atoms with Gasteiger partial charge in [-0.2, -0.15) is 0 Å². The summed E-state index contributed by atoms with van der Waals surface area (Å²) >= 11 is 5.28. The highest BCUT2D eigenvalue weighted by atomic mass is 127. The van der Waals surface area contributed by atoms with Crippen molar-refractivity contribution in [2.45, 2.75) is 6.92 Å². The Morgan fingerprint density at radius 2 is 2.00 bits per heavy atom. The number of non-ortho nitro benzene ring substituents is 1. The highest BCUT2D eigenvalue weighted by Crippen LogP contribution is 2.23. The molecule has 0 unspecified atom stereocenters. The van der Waals surface area contributed by atoms with Gasteiger partial charge in [-0.1, -0.05) is 15.9 Å². The first-order valence-electron chi connectivity index (χ1n) is 5.90. The summed E-state index contributed by atoms with van der Waals surface area (Å²) in [6.07, 6.45) is 0. The number of nitro benzene ring substituents is 1. The van der Waals surface area contributed by atoms with E-state index in [-0.39, 0.29) is 11.6 Å². The van der Waals surface area contributed by atoms with Crippen molar-refractivity contribution >= 4 is 55.8 Å². The average molecular weight is 461 g/mol. The molecule has 0 saturated heterocycles. The largest absolute Gasteiger partial charge is 0.322 e. The lowest BCUT2D eigenvalue weighted by Crippen LogP contribution is -2.14. The first-order chi connectivity index (χ1) is 9.88. The third kappa shape index (κ3) is 3.79. The molecule has 0 saturated carbocycles. The number of hydrogen-bond acceptors (Lipinski definition) is 3. The Balaban J connectivity index is 2.26. The first kappa shape index (κ1) is 15.9. The number of aryl methyl sites for hydroxylation is 1. The van der Waals surface area contributed by atoms with E-state index in [1.54, 1.807) is 6.07 Å². The molecule has 2 aromatic rings. The van der Waals surface area contributed by atoms with Crippen LogP contribution in [-0.2, 0) is 0 Å². The minimum atomic E-state index is -0.483. The summed E-state index contributed by atoms with van der Waals surface area (Å²) in [5, 5.41) is 13.5. The molecule has 0 aliphatic heterocycles. The van der Waals surface area contributed by atoms with Crippen LogP contribution in [0.3, 0.4) is 0 Å². The van der Waals surface area contributed by atoms with Crippen molar-refractivity contribution in [1.29, 1.82) is 0 Å². The van der Waals surface area contributed by atoms with Crippen molar-refractivity contribution in [2.24, 2.45) is 0 Å². The van der Waals surface area contributed by atoms with Crippen molar-refractivity contribution in [3.05, 3.63) is 65.7 Å². The van der Waals surface area contributed by atoms with Gasteiger partial charge < -0.3 is 5.32 Å². The van der Waals surface area contributed by atoms with E-state index in [0.29, 0.717) is 14.8 Å². The van der Waals surface area contributed by atoms with Crippen molar-refractivity contribution in [1.82, 2.24) is 0 Å². The van der Waals surface area contributed by atoms with Gasteiger partial charge in [0.25, 0.3) is 11.6 Å². The number of halogens is 2. The molecule has 1 amide bonds. The minimum absolute atomic E-state index is 0.0317. The van der Waals surface area contributed by atoms with Crippen molar-refractivity contribution in [3.63, 3.8) is 0 Å². The standard InChI is InChI=1S/C14H10BrIN2O3/c1-8-6-9(15)2-5-13(8)17-14(19)11-4-3-10(18(20)21)7-12(11)16/h2-7H,1H3,(H,17,19). The summed E-state index contributed by atoms with van der Waals surface area (Å²) in [4.78, 5) is 22.5. The minimum Gasteiger partial charge on any atom is -0.322 e. The average Bonchev–Trinajstić information content (AvgIpc) is 2.41. The molecule has 0 heterocycles. The molecular formula is C14H10BrIN2O3. The van der Waals surface area contributed by atoms with Gasteiger partial charge in [0.1, 0.15) is 0 Å². The van der Waals surface area contributed by atoms with Crippen LogP contribution in [-0.4, -0.2) is 10.8 Å². The third-order valence-electron chi connectivity index (χ3n) is 2.84. The van der Waals surface area contributed by atoms with E-state index in [2.05, 4.69) is 21.2 Å². The van der Waals surface area contributed by atoms with E-state index in [4.69, 9.17) is 0 Å². The van der Waals surface area contributed by atoms with Crippen LogP contribution < -0.4 is 5.32 Å². The van der Waals surface area contributed by atoms with E-state index < -0.39 is 4.92 Å². The maximum absolute atomic E-state index is 12.3. The maximum atomic E-state index is 12.3. The molecule has 7 heteroatoms. The zero-order chi connectivity index (χ0) is 15.6. The maximum Gasteiger partial charge on any atom is 0.270 e. The Morgan fingerprint density at radius 3 is 2.57 bits per heavy atom. The molecule has 0 atom stereocenters. The second kappa shape index (κ2) is 6.52. The molecule has 0 fully saturated rings. The van der Waals surface area contributed by atoms with E-state index >= 15 is 0 Å². The van der Waals surface area contributed by atoms with Crippen molar-refractivity contribution in [2.75, 3.05) is 5.32 Å². The number of nitrogens with zero attached hydrogens (tertiary/aromatic N) is 1. The second-order valence-corrected chi connectivity index (χ2v) is 6.41. The van der Waals surface area contributed by atoms with Crippen LogP contribution in [0.2, 0.25) is 0 Å². The fraction of sp³-hybridized carbons (Fsp3) is 0.0714. The predicted molar refractivity (Wildman–Crippen MR) is 92.6 cm³/mol. The monoisotopic (exact) mass is 460 g/mol. The van der Waals surface area contributed by atoms with E-state index in [9.17, 15) is 14.9 Å². The van der Waals surface area contributed by atoms with Crippen molar-refractivity contribution < 1.29 is 9.72 Å². The molecular weight excluding hydrogens is 451 g/mol. The van der Waals surface area contributed by atoms with Gasteiger partial charge in [0, 0.05) is 25.9 Å². The summed E-state index contributed by atoms with van der Waals surface area (Å²) in [6, 6.07) is 9.70. The fourth-order valence-corrected chi connectivity index (χ4v) is 2.98. The molecule has 0 aromatic heterocycles. The molecule has 0 aliphatic carbocycles. The topological polar surface area (TPSA) is 72.2 Å². The number of amides is 1. The number of benzene rings is 2. The first-order valence-corrected chi connectivity index (χ1v) is 7.77. The van der Waals surface area contributed by atoms with Crippen LogP contribution in [0, 0.1) is 20.6 Å². The molecule has 0 aliphatic rings. The number of nitro groups is 1. The van der Waals surface area contributed by atoms with Gasteiger partial charge in [-0.25, -0.2) is 0 Å². The second-order valence-electron chi connectivity index (χ2n) is 4.33. The smallest absolute Gasteiger partial charge is 0.270 e. The third-order valence-corrected chi connectivity index (χ3v) is 4.23. The Labute approximate surface area is 143 Å². The highest BCUT2D eigenvalue weighted by molar-refractivity contribution is 14.1. The lowest BCUT2D eigenvalue weighted by atomic mass is 10.1. The van der Waals surface area contributed by atoms with Crippen LogP contribution in [0.25, 0.3) is 0 Å². The molecule has 1 N–H and O–H groups in total. The number of carbonyl (C=O) groups is 1. The summed E-state index contributed by atoms with van der Waals surface area (Å²) in [5.41, 5.74) is 2.01. The Kier molecular flexibility index (Phi) is 4.94. The Bertz CT molecular complexity index is 734. The number of nitrogens with one attached hydrogen (secondary N) is 1. The number of rotatable bonds is 3. The lowest BCUT2D eigenvalue weighted by Gasteiger charge is -2.09. The summed E-state index contributed by atoms with van der Waals surface area (Å²) in [7, 11) is 0. The quantitative estimate of drug-likeness (QED) is 0.415. The van der Waals surface area contributed by atoms with Crippen LogP contribution >= 0.6 is 38.5 Å². The number of hydrogen-bond donors (Lipinski definition) is 1. The molecule has 0 bridgehead atoms. The normalized spacial score (nSPS) is 10.2. The molecule has 2 aromatic carbocycles. The molecule has 0 spiro atoms. The Morgan fingerprint density at radius 1 is 1.29 bits per heavy atom. The lowest BCUT2D eigenvalue weighted by molar-refractivity contribution is -0.384. The van der Waals surface area contributed by atoms with Gasteiger partial charge in [0.05, 0.1) is 10.5 Å². The van der Waals surface area contributed by atoms with Crippen LogP contribution in [0.4, 0.5) is 11.4 Å². The zero-order valence-corrected chi connectivity index (χ0v) is 14.6. The van der Waals surface area contributed by atoms with Crippen molar-refractivity contribution in [3.8, 4) is 0 Å². The molecule has 2 rings (SSSR count). The zero-order valence-electron chi connectivity index (χ0n) is 10.9. The van der Waals surface area contributed by atoms with Crippen LogP contribution in [0.15, 0.2) is 40.9 Å². The molecule has 5 nitrogen and oxygen atoms in total. The molecule has 21 heavy (non-hydrogen) atoms. The van der Waals surface area contributed by atoms with Gasteiger partial charge in [0.2, 0.25) is 0 Å². The van der Waals surface area contributed by atoms with Crippen LogP contribution in [0.1, 0.15) is 15.9 Å². The Hall–Kier alpha value is -1.48. The van der Waals surface area contributed by atoms with E-state index in [0.717, 1.165) is 10.0 Å². The van der Waals surface area contributed by atoms with Gasteiger partial charge in [-0.05, 0) is 59.3 Å². The highest BCUT2D eigenvalue weighted by Gasteiger charge is 2.15. The summed E-state index contributed by atoms with van der Waals surface area (Å²) in [6.45, 7) is 1.89. The van der Waals surface area contributed by atoms with E-state index in [1.807, 2.05) is 41.6 Å². The van der Waals surface area contributed by atoms with Gasteiger partial charge in [-0.15, -0.1) is 0 Å². The number of anilines is 1. The van der Waals surface area contributed by atoms with E-state index in [1.165, 1.54) is 18.2 Å². The predicted octanol–water partition coefficient (Wildman–Crippen LogP) is 4.52. The molecule has 108 valence electrons. The summed E-state index contributed by atoms with van der Waals surface area (Å²) < 4.78 is 1.47. The molecule has 0 radical (unpaired) electrons. The number of carbonyl (C=O) groups excluding carboxylic acids is 1. The van der Waals surface area contributed by atoms with Gasteiger partial charge >= 0.3 is 0 Å². The van der Waals surface area contributed by atoms with Gasteiger partial charge in [0.15, 0.2) is 0 Å². The van der Waals surface area contributed by atoms with Gasteiger partial charge in [-0.3, -0.25) is 14.9 Å². The van der Waals surface area contributed by atoms with Crippen LogP contribution in [0.5, 0.6) is 0 Å². The fourth-order valence-electron chi connectivity index (χ4n) is 1.76.